The zero-order valence-corrected chi connectivity index (χ0v) is 26.0. The first-order chi connectivity index (χ1) is 22.3. The number of rotatable bonds is 14. The predicted octanol–water partition coefficient (Wildman–Crippen LogP) is 10.2. The zero-order chi connectivity index (χ0) is 34.5. The highest BCUT2D eigenvalue weighted by Gasteiger charge is 2.24. The summed E-state index contributed by atoms with van der Waals surface area (Å²) in [6.45, 7) is 4.00. The van der Waals surface area contributed by atoms with E-state index in [1.165, 1.54) is 0 Å². The van der Waals surface area contributed by atoms with Crippen LogP contribution in [0.25, 0.3) is 22.3 Å². The molecule has 0 aliphatic heterocycles. The SMILES string of the molecule is COc1ccc(-c2ccc(OCCCC(C)(C)CCCOc3ccc(-c4ccc(OC)c(F)c4F)c(F)c3F)c(F)c2F)c(F)c1F. The molecule has 252 valence electrons. The van der Waals surface area contributed by atoms with E-state index in [4.69, 9.17) is 18.9 Å². The number of ether oxygens (including phenoxy) is 4. The maximum absolute atomic E-state index is 14.8. The van der Waals surface area contributed by atoms with Gasteiger partial charge in [-0.25, -0.2) is 17.6 Å². The van der Waals surface area contributed by atoms with Crippen molar-refractivity contribution in [1.29, 1.82) is 0 Å². The molecule has 0 spiro atoms. The summed E-state index contributed by atoms with van der Waals surface area (Å²) in [7, 11) is 2.29. The molecule has 0 amide bonds. The van der Waals surface area contributed by atoms with E-state index in [0.717, 1.165) is 62.8 Å². The molecule has 12 heteroatoms. The highest BCUT2D eigenvalue weighted by Crippen LogP contribution is 2.37. The van der Waals surface area contributed by atoms with Gasteiger partial charge in [0.2, 0.25) is 23.3 Å². The van der Waals surface area contributed by atoms with Gasteiger partial charge in [-0.05, 0) is 79.6 Å². The molecule has 4 rings (SSSR count). The van der Waals surface area contributed by atoms with E-state index in [-0.39, 0.29) is 41.6 Å². The summed E-state index contributed by atoms with van der Waals surface area (Å²) in [6.07, 6.45) is 2.12. The Bertz CT molecular complexity index is 1620. The van der Waals surface area contributed by atoms with Gasteiger partial charge >= 0.3 is 0 Å². The zero-order valence-electron chi connectivity index (χ0n) is 26.0. The van der Waals surface area contributed by atoms with Crippen LogP contribution in [0.2, 0.25) is 0 Å². The quantitative estimate of drug-likeness (QED) is 0.0990. The maximum Gasteiger partial charge on any atom is 0.201 e. The van der Waals surface area contributed by atoms with Crippen LogP contribution >= 0.6 is 0 Å². The Balaban J connectivity index is 1.27. The summed E-state index contributed by atoms with van der Waals surface area (Å²) >= 11 is 0. The molecule has 0 atom stereocenters. The molecular formula is C35H32F8O4. The van der Waals surface area contributed by atoms with E-state index in [0.29, 0.717) is 25.7 Å². The first kappa shape index (κ1) is 35.4. The second-order valence-electron chi connectivity index (χ2n) is 11.4. The third-order valence-electron chi connectivity index (χ3n) is 7.72. The topological polar surface area (TPSA) is 36.9 Å². The second-order valence-corrected chi connectivity index (χ2v) is 11.4. The first-order valence-corrected chi connectivity index (χ1v) is 14.6. The van der Waals surface area contributed by atoms with Gasteiger partial charge in [-0.2, -0.15) is 17.6 Å². The Morgan fingerprint density at radius 2 is 0.702 bits per heavy atom. The van der Waals surface area contributed by atoms with E-state index in [1.54, 1.807) is 0 Å². The lowest BCUT2D eigenvalue weighted by Gasteiger charge is -2.24. The van der Waals surface area contributed by atoms with Crippen LogP contribution < -0.4 is 18.9 Å². The van der Waals surface area contributed by atoms with Crippen molar-refractivity contribution in [2.45, 2.75) is 39.5 Å². The third-order valence-corrected chi connectivity index (χ3v) is 7.72. The van der Waals surface area contributed by atoms with E-state index < -0.39 is 68.8 Å². The summed E-state index contributed by atoms with van der Waals surface area (Å²) in [5, 5.41) is 0. The van der Waals surface area contributed by atoms with Gasteiger partial charge in [-0.3, -0.25) is 0 Å². The predicted molar refractivity (Wildman–Crippen MR) is 160 cm³/mol. The third kappa shape index (κ3) is 7.74. The van der Waals surface area contributed by atoms with E-state index in [1.807, 2.05) is 13.8 Å². The Morgan fingerprint density at radius 3 is 1.00 bits per heavy atom. The summed E-state index contributed by atoms with van der Waals surface area (Å²) in [4.78, 5) is 0. The van der Waals surface area contributed by atoms with Gasteiger partial charge in [0, 0.05) is 22.3 Å². The maximum atomic E-state index is 14.8. The molecule has 4 aromatic rings. The molecule has 0 N–H and O–H groups in total. The molecule has 0 aromatic heterocycles. The number of methoxy groups -OCH3 is 2. The van der Waals surface area contributed by atoms with Gasteiger partial charge in [0.1, 0.15) is 0 Å². The van der Waals surface area contributed by atoms with Crippen LogP contribution in [0.4, 0.5) is 35.1 Å². The van der Waals surface area contributed by atoms with Crippen LogP contribution in [0.5, 0.6) is 23.0 Å². The molecule has 0 unspecified atom stereocenters. The monoisotopic (exact) mass is 668 g/mol. The Hall–Kier alpha value is -4.48. The van der Waals surface area contributed by atoms with Gasteiger partial charge in [0.05, 0.1) is 27.4 Å². The average molecular weight is 669 g/mol. The van der Waals surface area contributed by atoms with Crippen LogP contribution in [0.3, 0.4) is 0 Å². The summed E-state index contributed by atoms with van der Waals surface area (Å²) < 4.78 is 136. The van der Waals surface area contributed by atoms with Gasteiger partial charge in [0.25, 0.3) is 0 Å². The number of hydrogen-bond acceptors (Lipinski definition) is 4. The molecule has 0 saturated heterocycles. The molecule has 47 heavy (non-hydrogen) atoms. The number of hydrogen-bond donors (Lipinski definition) is 0. The van der Waals surface area contributed by atoms with Crippen molar-refractivity contribution in [1.82, 2.24) is 0 Å². The van der Waals surface area contributed by atoms with Crippen molar-refractivity contribution in [2.75, 3.05) is 27.4 Å². The van der Waals surface area contributed by atoms with E-state index >= 15 is 0 Å². The van der Waals surface area contributed by atoms with Gasteiger partial charge in [0.15, 0.2) is 46.3 Å². The standard InChI is InChI=1S/C35H32F8O4/c1-35(2,15-5-17-46-25-13-9-21(29(38)33(25)42)19-7-11-23(44-3)31(40)27(19)36)16-6-18-47-26-14-10-22(30(39)34(26)43)20-8-12-24(45-4)32(41)28(20)37/h7-14H,5-6,15-18H2,1-4H3. The number of benzene rings is 4. The minimum absolute atomic E-state index is 0.0384. The molecule has 0 saturated carbocycles. The lowest BCUT2D eigenvalue weighted by Crippen LogP contribution is -2.15. The van der Waals surface area contributed by atoms with E-state index in [9.17, 15) is 35.1 Å². The van der Waals surface area contributed by atoms with Crippen LogP contribution in [-0.4, -0.2) is 27.4 Å². The molecular weight excluding hydrogens is 636 g/mol. The highest BCUT2D eigenvalue weighted by atomic mass is 19.2. The fourth-order valence-corrected chi connectivity index (χ4v) is 5.09. The van der Waals surface area contributed by atoms with Gasteiger partial charge in [-0.15, -0.1) is 0 Å². The lowest BCUT2D eigenvalue weighted by molar-refractivity contribution is 0.214. The van der Waals surface area contributed by atoms with Crippen molar-refractivity contribution in [2.24, 2.45) is 5.41 Å². The van der Waals surface area contributed by atoms with Gasteiger partial charge in [-0.1, -0.05) is 13.8 Å². The molecule has 0 aliphatic rings. The first-order valence-electron chi connectivity index (χ1n) is 14.6. The fraction of sp³-hybridized carbons (Fsp3) is 0.314. The minimum atomic E-state index is -1.39. The minimum Gasteiger partial charge on any atom is -0.494 e. The molecule has 0 radical (unpaired) electrons. The fourth-order valence-electron chi connectivity index (χ4n) is 5.09. The Morgan fingerprint density at radius 1 is 0.426 bits per heavy atom. The molecule has 0 aliphatic carbocycles. The van der Waals surface area contributed by atoms with Gasteiger partial charge < -0.3 is 18.9 Å². The molecule has 4 nitrogen and oxygen atoms in total. The normalized spacial score (nSPS) is 11.5. The van der Waals surface area contributed by atoms with Crippen LogP contribution in [0, 0.1) is 52.0 Å². The molecule has 0 bridgehead atoms. The summed E-state index contributed by atoms with van der Waals surface area (Å²) in [6, 6.07) is 8.86. The Labute approximate surface area is 266 Å². The molecule has 4 aromatic carbocycles. The van der Waals surface area contributed by atoms with Crippen molar-refractivity contribution in [3.8, 4) is 45.3 Å². The van der Waals surface area contributed by atoms with Crippen molar-refractivity contribution in [3.63, 3.8) is 0 Å². The highest BCUT2D eigenvalue weighted by molar-refractivity contribution is 5.68. The average Bonchev–Trinajstić information content (AvgIpc) is 3.04. The lowest BCUT2D eigenvalue weighted by atomic mass is 9.83. The smallest absolute Gasteiger partial charge is 0.201 e. The Kier molecular flexibility index (Phi) is 11.3. The van der Waals surface area contributed by atoms with Crippen molar-refractivity contribution < 1.29 is 54.1 Å². The largest absolute Gasteiger partial charge is 0.494 e. The van der Waals surface area contributed by atoms with Crippen LogP contribution in [-0.2, 0) is 0 Å². The van der Waals surface area contributed by atoms with Crippen molar-refractivity contribution >= 4 is 0 Å². The van der Waals surface area contributed by atoms with E-state index in [2.05, 4.69) is 0 Å². The second kappa shape index (κ2) is 15.0. The van der Waals surface area contributed by atoms with Crippen LogP contribution in [0.15, 0.2) is 48.5 Å². The van der Waals surface area contributed by atoms with Crippen molar-refractivity contribution in [3.05, 3.63) is 95.1 Å². The molecule has 0 heterocycles. The molecule has 0 fully saturated rings. The summed E-state index contributed by atoms with van der Waals surface area (Å²) in [5.74, 6) is -12.4. The summed E-state index contributed by atoms with van der Waals surface area (Å²) in [5.41, 5.74) is -2.15. The van der Waals surface area contributed by atoms with Crippen LogP contribution in [0.1, 0.15) is 39.5 Å². The number of halogens is 8.